The number of aromatic carboxylic acids is 1. The Morgan fingerprint density at radius 1 is 1.12 bits per heavy atom. The van der Waals surface area contributed by atoms with E-state index in [0.29, 0.717) is 22.8 Å². The lowest BCUT2D eigenvalue weighted by Crippen LogP contribution is -2.32. The van der Waals surface area contributed by atoms with Gasteiger partial charge in [0.25, 0.3) is 11.1 Å². The molecule has 2 heterocycles. The fraction of sp³-hybridized carbons (Fsp3) is 0.125. The van der Waals surface area contributed by atoms with E-state index in [9.17, 15) is 14.4 Å². The molecule has 1 fully saturated rings. The summed E-state index contributed by atoms with van der Waals surface area (Å²) < 4.78 is 11.4. The molecular weight excluding hydrogens is 430 g/mol. The van der Waals surface area contributed by atoms with Crippen LogP contribution in [-0.2, 0) is 4.79 Å². The zero-order valence-electron chi connectivity index (χ0n) is 17.1. The van der Waals surface area contributed by atoms with Gasteiger partial charge in [0.05, 0.1) is 17.0 Å². The third-order valence-corrected chi connectivity index (χ3v) is 5.65. The molecule has 7 nitrogen and oxygen atoms in total. The van der Waals surface area contributed by atoms with Crippen LogP contribution in [0.4, 0.5) is 4.79 Å². The first-order valence-electron chi connectivity index (χ1n) is 9.79. The molecule has 2 amide bonds. The molecule has 3 aromatic rings. The maximum Gasteiger partial charge on any atom is 0.335 e. The molecule has 1 aromatic heterocycles. The van der Waals surface area contributed by atoms with Crippen LogP contribution in [0.1, 0.15) is 21.7 Å². The summed E-state index contributed by atoms with van der Waals surface area (Å²) in [5, 5.41) is 8.78. The molecule has 162 valence electrons. The number of thioether (sulfide) groups is 1. The first-order chi connectivity index (χ1) is 15.4. The van der Waals surface area contributed by atoms with Gasteiger partial charge in [0.2, 0.25) is 0 Å². The summed E-state index contributed by atoms with van der Waals surface area (Å²) in [5.41, 5.74) is 1.81. The number of benzene rings is 2. The fourth-order valence-electron chi connectivity index (χ4n) is 3.17. The molecule has 32 heavy (non-hydrogen) atoms. The molecule has 1 saturated heterocycles. The molecule has 0 bridgehead atoms. The lowest BCUT2D eigenvalue weighted by atomic mass is 10.1. The molecule has 4 rings (SSSR count). The van der Waals surface area contributed by atoms with Crippen molar-refractivity contribution in [1.82, 2.24) is 4.90 Å². The lowest BCUT2D eigenvalue weighted by Gasteiger charge is -2.13. The van der Waals surface area contributed by atoms with Gasteiger partial charge in [0, 0.05) is 11.6 Å². The lowest BCUT2D eigenvalue weighted by molar-refractivity contribution is -0.123. The zero-order valence-corrected chi connectivity index (χ0v) is 17.9. The monoisotopic (exact) mass is 449 g/mol. The Kier molecular flexibility index (Phi) is 6.13. The summed E-state index contributed by atoms with van der Waals surface area (Å²) in [5.74, 6) is 0.104. The van der Waals surface area contributed by atoms with Crippen molar-refractivity contribution in [2.24, 2.45) is 0 Å². The van der Waals surface area contributed by atoms with Gasteiger partial charge in [0.1, 0.15) is 23.9 Å². The molecule has 0 radical (unpaired) electrons. The SMILES string of the molecule is Cc1cccc(OCCN2C(=O)S/C(=C\c3ccc(-c4cccc(C(=O)O)c4)o3)C2=O)c1. The van der Waals surface area contributed by atoms with Gasteiger partial charge in [-0.15, -0.1) is 0 Å². The molecular formula is C24H19NO6S. The van der Waals surface area contributed by atoms with E-state index >= 15 is 0 Å². The largest absolute Gasteiger partial charge is 0.492 e. The quantitative estimate of drug-likeness (QED) is 0.503. The summed E-state index contributed by atoms with van der Waals surface area (Å²) >= 11 is 0.842. The van der Waals surface area contributed by atoms with Gasteiger partial charge in [-0.2, -0.15) is 0 Å². The van der Waals surface area contributed by atoms with E-state index in [4.69, 9.17) is 14.3 Å². The number of carbonyl (C=O) groups is 3. The first kappa shape index (κ1) is 21.5. The van der Waals surface area contributed by atoms with E-state index in [2.05, 4.69) is 0 Å². The van der Waals surface area contributed by atoms with Crippen LogP contribution in [0.3, 0.4) is 0 Å². The maximum absolute atomic E-state index is 12.7. The number of nitrogens with zero attached hydrogens (tertiary/aromatic N) is 1. The van der Waals surface area contributed by atoms with E-state index < -0.39 is 11.9 Å². The van der Waals surface area contributed by atoms with Crippen molar-refractivity contribution in [3.8, 4) is 17.1 Å². The number of aryl methyl sites for hydroxylation is 1. The van der Waals surface area contributed by atoms with Gasteiger partial charge in [0.15, 0.2) is 0 Å². The molecule has 0 atom stereocenters. The van der Waals surface area contributed by atoms with Crippen molar-refractivity contribution in [3.05, 3.63) is 82.5 Å². The summed E-state index contributed by atoms with van der Waals surface area (Å²) in [6, 6.07) is 17.3. The molecule has 1 N–H and O–H groups in total. The number of ether oxygens (including phenoxy) is 1. The molecule has 1 aliphatic heterocycles. The van der Waals surface area contributed by atoms with Gasteiger partial charge < -0.3 is 14.3 Å². The van der Waals surface area contributed by atoms with Crippen molar-refractivity contribution in [3.63, 3.8) is 0 Å². The van der Waals surface area contributed by atoms with Crippen LogP contribution >= 0.6 is 11.8 Å². The minimum Gasteiger partial charge on any atom is -0.492 e. The Morgan fingerprint density at radius 3 is 2.72 bits per heavy atom. The minimum atomic E-state index is -1.03. The van der Waals surface area contributed by atoms with Crippen molar-refractivity contribution in [1.29, 1.82) is 0 Å². The minimum absolute atomic E-state index is 0.140. The van der Waals surface area contributed by atoms with Gasteiger partial charge >= 0.3 is 5.97 Å². The van der Waals surface area contributed by atoms with E-state index in [1.165, 1.54) is 18.2 Å². The van der Waals surface area contributed by atoms with E-state index in [0.717, 1.165) is 22.2 Å². The Hall–Kier alpha value is -3.78. The standard InChI is InChI=1S/C24H19NO6S/c1-15-4-2-7-18(12-15)30-11-10-25-22(26)21(32-24(25)29)14-19-8-9-20(31-19)16-5-3-6-17(13-16)23(27)28/h2-9,12-14H,10-11H2,1H3,(H,27,28)/b21-14-. The highest BCUT2D eigenvalue weighted by Crippen LogP contribution is 2.33. The molecule has 2 aromatic carbocycles. The van der Waals surface area contributed by atoms with Gasteiger partial charge in [-0.3, -0.25) is 14.5 Å². The zero-order chi connectivity index (χ0) is 22.7. The summed E-state index contributed by atoms with van der Waals surface area (Å²) in [6.45, 7) is 2.29. The number of furan rings is 1. The number of hydrogen-bond donors (Lipinski definition) is 1. The summed E-state index contributed by atoms with van der Waals surface area (Å²) in [7, 11) is 0. The summed E-state index contributed by atoms with van der Waals surface area (Å²) in [6.07, 6.45) is 1.51. The molecule has 0 aliphatic carbocycles. The molecule has 0 spiro atoms. The normalized spacial score (nSPS) is 14.9. The molecule has 1 aliphatic rings. The average Bonchev–Trinajstić information content (AvgIpc) is 3.34. The van der Waals surface area contributed by atoms with Crippen molar-refractivity contribution in [2.75, 3.05) is 13.2 Å². The Morgan fingerprint density at radius 2 is 1.94 bits per heavy atom. The topological polar surface area (TPSA) is 97.1 Å². The number of hydrogen-bond acceptors (Lipinski definition) is 6. The van der Waals surface area contributed by atoms with Crippen LogP contribution in [-0.4, -0.2) is 40.3 Å². The number of imide groups is 1. The average molecular weight is 449 g/mol. The number of rotatable bonds is 7. The van der Waals surface area contributed by atoms with E-state index in [1.807, 2.05) is 31.2 Å². The number of amides is 2. The van der Waals surface area contributed by atoms with Gasteiger partial charge in [-0.05, 0) is 60.6 Å². The maximum atomic E-state index is 12.7. The van der Waals surface area contributed by atoms with Gasteiger partial charge in [-0.25, -0.2) is 4.79 Å². The summed E-state index contributed by atoms with van der Waals surface area (Å²) in [4.78, 5) is 37.5. The second-order valence-electron chi connectivity index (χ2n) is 7.09. The highest BCUT2D eigenvalue weighted by molar-refractivity contribution is 8.18. The Labute approximate surface area is 188 Å². The predicted octanol–water partition coefficient (Wildman–Crippen LogP) is 5.07. The predicted molar refractivity (Wildman–Crippen MR) is 120 cm³/mol. The van der Waals surface area contributed by atoms with E-state index in [1.54, 1.807) is 24.3 Å². The fourth-order valence-corrected chi connectivity index (χ4v) is 4.02. The third kappa shape index (κ3) is 4.76. The second-order valence-corrected chi connectivity index (χ2v) is 8.08. The van der Waals surface area contributed by atoms with E-state index in [-0.39, 0.29) is 28.9 Å². The number of carboxylic acid groups (broad SMARTS) is 1. The van der Waals surface area contributed by atoms with Crippen molar-refractivity contribution >= 4 is 35.0 Å². The van der Waals surface area contributed by atoms with Crippen LogP contribution in [0, 0.1) is 6.92 Å². The highest BCUT2D eigenvalue weighted by Gasteiger charge is 2.35. The smallest absolute Gasteiger partial charge is 0.335 e. The molecule has 8 heteroatoms. The number of carboxylic acids is 1. The van der Waals surface area contributed by atoms with Gasteiger partial charge in [-0.1, -0.05) is 24.3 Å². The van der Waals surface area contributed by atoms with Crippen LogP contribution < -0.4 is 4.74 Å². The van der Waals surface area contributed by atoms with Crippen LogP contribution in [0.2, 0.25) is 0 Å². The van der Waals surface area contributed by atoms with Crippen molar-refractivity contribution in [2.45, 2.75) is 6.92 Å². The van der Waals surface area contributed by atoms with Crippen LogP contribution in [0.15, 0.2) is 70.0 Å². The Bertz CT molecular complexity index is 1230. The van der Waals surface area contributed by atoms with Crippen molar-refractivity contribution < 1.29 is 28.6 Å². The van der Waals surface area contributed by atoms with Crippen LogP contribution in [0.25, 0.3) is 17.4 Å². The third-order valence-electron chi connectivity index (χ3n) is 4.74. The highest BCUT2D eigenvalue weighted by atomic mass is 32.2. The number of carbonyl (C=O) groups excluding carboxylic acids is 2. The first-order valence-corrected chi connectivity index (χ1v) is 10.6. The molecule has 0 unspecified atom stereocenters. The van der Waals surface area contributed by atoms with Crippen LogP contribution in [0.5, 0.6) is 5.75 Å². The molecule has 0 saturated carbocycles. The Balaban J connectivity index is 1.43. The second kappa shape index (κ2) is 9.15.